The Balaban J connectivity index is 3.19. The molecule has 2 N–H and O–H groups in total. The number of anilines is 1. The third-order valence-electron chi connectivity index (χ3n) is 2.19. The first-order valence-corrected chi connectivity index (χ1v) is 5.74. The lowest BCUT2D eigenvalue weighted by atomic mass is 10.1. The Morgan fingerprint density at radius 2 is 2.05 bits per heavy atom. The van der Waals surface area contributed by atoms with Crippen molar-refractivity contribution in [3.05, 3.63) is 17.4 Å². The van der Waals surface area contributed by atoms with Crippen molar-refractivity contribution in [1.29, 1.82) is 0 Å². The van der Waals surface area contributed by atoms with Gasteiger partial charge in [-0.2, -0.15) is 0 Å². The van der Waals surface area contributed by atoms with E-state index < -0.39 is 23.3 Å². The molecule has 0 bridgehead atoms. The van der Waals surface area contributed by atoms with Gasteiger partial charge in [-0.25, -0.2) is 9.18 Å². The number of amides is 1. The number of phenols is 1. The van der Waals surface area contributed by atoms with Crippen molar-refractivity contribution in [2.24, 2.45) is 0 Å². The smallest absolute Gasteiger partial charge is 0.412 e. The zero-order valence-electron chi connectivity index (χ0n) is 11.6. The highest BCUT2D eigenvalue weighted by atomic mass is 19.1. The highest BCUT2D eigenvalue weighted by Gasteiger charge is 2.23. The molecule has 0 heterocycles. The maximum absolute atomic E-state index is 13.5. The zero-order valence-corrected chi connectivity index (χ0v) is 11.6. The van der Waals surface area contributed by atoms with Crippen molar-refractivity contribution in [3.8, 4) is 11.5 Å². The molecule has 1 aromatic carbocycles. The summed E-state index contributed by atoms with van der Waals surface area (Å²) in [4.78, 5) is 22.5. The summed E-state index contributed by atoms with van der Waals surface area (Å²) in [5.74, 6) is -2.04. The summed E-state index contributed by atoms with van der Waals surface area (Å²) in [6.07, 6.45) is -0.560. The minimum absolute atomic E-state index is 0.145. The van der Waals surface area contributed by atoms with E-state index in [0.29, 0.717) is 6.29 Å². The Morgan fingerprint density at radius 1 is 1.45 bits per heavy atom. The van der Waals surface area contributed by atoms with Crippen LogP contribution in [0, 0.1) is 5.82 Å². The van der Waals surface area contributed by atoms with Crippen LogP contribution in [0.2, 0.25) is 0 Å². The van der Waals surface area contributed by atoms with Gasteiger partial charge in [-0.05, 0) is 26.8 Å². The Hall–Kier alpha value is -2.31. The Labute approximate surface area is 115 Å². The fourth-order valence-electron chi connectivity index (χ4n) is 1.47. The van der Waals surface area contributed by atoms with Crippen molar-refractivity contribution >= 4 is 18.1 Å². The van der Waals surface area contributed by atoms with E-state index in [1.165, 1.54) is 7.11 Å². The summed E-state index contributed by atoms with van der Waals surface area (Å²) in [5, 5.41) is 11.8. The SMILES string of the molecule is COc1c(C=O)cc(F)c(O)c1NC(=O)OC(C)(C)C. The van der Waals surface area contributed by atoms with E-state index in [0.717, 1.165) is 6.07 Å². The second-order valence-corrected chi connectivity index (χ2v) is 4.95. The molecule has 6 nitrogen and oxygen atoms in total. The minimum atomic E-state index is -1.06. The van der Waals surface area contributed by atoms with Crippen LogP contribution in [0.1, 0.15) is 31.1 Å². The molecule has 110 valence electrons. The lowest BCUT2D eigenvalue weighted by Gasteiger charge is -2.21. The van der Waals surface area contributed by atoms with Gasteiger partial charge < -0.3 is 14.6 Å². The molecule has 0 saturated heterocycles. The molecule has 0 saturated carbocycles. The van der Waals surface area contributed by atoms with E-state index in [1.54, 1.807) is 20.8 Å². The number of nitrogens with one attached hydrogen (secondary N) is 1. The van der Waals surface area contributed by atoms with E-state index in [1.807, 2.05) is 0 Å². The summed E-state index contributed by atoms with van der Waals surface area (Å²) in [5.41, 5.74) is -1.27. The molecule has 0 aliphatic rings. The molecule has 0 fully saturated rings. The highest BCUT2D eigenvalue weighted by Crippen LogP contribution is 2.38. The molecule has 1 aromatic rings. The summed E-state index contributed by atoms with van der Waals surface area (Å²) < 4.78 is 23.4. The van der Waals surface area contributed by atoms with Crippen LogP contribution in [0.15, 0.2) is 6.07 Å². The Kier molecular flexibility index (Phi) is 4.54. The maximum Gasteiger partial charge on any atom is 0.412 e. The van der Waals surface area contributed by atoms with Gasteiger partial charge in [0.2, 0.25) is 0 Å². The highest BCUT2D eigenvalue weighted by molar-refractivity contribution is 5.94. The van der Waals surface area contributed by atoms with Crippen LogP contribution >= 0.6 is 0 Å². The quantitative estimate of drug-likeness (QED) is 0.659. The van der Waals surface area contributed by atoms with E-state index >= 15 is 0 Å². The standard InChI is InChI=1S/C13H16FNO5/c1-13(2,3)20-12(18)15-9-10(17)8(14)5-7(6-16)11(9)19-4/h5-6,17H,1-4H3,(H,15,18). The molecule has 0 spiro atoms. The number of carbonyl (C=O) groups excluding carboxylic acids is 2. The first kappa shape index (κ1) is 15.7. The molecule has 7 heteroatoms. The van der Waals surface area contributed by atoms with Gasteiger partial charge in [0.25, 0.3) is 0 Å². The first-order valence-electron chi connectivity index (χ1n) is 5.74. The van der Waals surface area contributed by atoms with E-state index in [2.05, 4.69) is 5.32 Å². The fourth-order valence-corrected chi connectivity index (χ4v) is 1.47. The molecule has 0 aliphatic carbocycles. The van der Waals surface area contributed by atoms with Gasteiger partial charge >= 0.3 is 6.09 Å². The molecule has 0 aromatic heterocycles. The van der Waals surface area contributed by atoms with E-state index in [4.69, 9.17) is 9.47 Å². The Bertz CT molecular complexity index is 537. The van der Waals surface area contributed by atoms with Gasteiger partial charge in [0, 0.05) is 0 Å². The lowest BCUT2D eigenvalue weighted by molar-refractivity contribution is 0.0634. The number of carbonyl (C=O) groups is 2. The molecule has 1 rings (SSSR count). The fraction of sp³-hybridized carbons (Fsp3) is 0.385. The topological polar surface area (TPSA) is 84.9 Å². The molecule has 0 atom stereocenters. The van der Waals surface area contributed by atoms with Crippen LogP contribution in [-0.4, -0.2) is 30.2 Å². The number of phenolic OH excluding ortho intramolecular Hbond substituents is 1. The monoisotopic (exact) mass is 285 g/mol. The number of aromatic hydroxyl groups is 1. The minimum Gasteiger partial charge on any atom is -0.503 e. The number of methoxy groups -OCH3 is 1. The number of benzene rings is 1. The van der Waals surface area contributed by atoms with Crippen LogP contribution < -0.4 is 10.1 Å². The van der Waals surface area contributed by atoms with E-state index in [-0.39, 0.29) is 17.0 Å². The van der Waals surface area contributed by atoms with Crippen molar-refractivity contribution in [2.75, 3.05) is 12.4 Å². The first-order chi connectivity index (χ1) is 9.19. The van der Waals surface area contributed by atoms with Crippen LogP contribution in [0.4, 0.5) is 14.9 Å². The van der Waals surface area contributed by atoms with Gasteiger partial charge in [-0.3, -0.25) is 10.1 Å². The normalized spacial score (nSPS) is 10.8. The van der Waals surface area contributed by atoms with Gasteiger partial charge in [-0.15, -0.1) is 0 Å². The van der Waals surface area contributed by atoms with Gasteiger partial charge in [-0.1, -0.05) is 0 Å². The lowest BCUT2D eigenvalue weighted by Crippen LogP contribution is -2.27. The summed E-state index contributed by atoms with van der Waals surface area (Å²) in [7, 11) is 1.22. The third kappa shape index (κ3) is 3.59. The predicted octanol–water partition coefficient (Wildman–Crippen LogP) is 2.70. The third-order valence-corrected chi connectivity index (χ3v) is 2.19. The number of halogens is 1. The molecular weight excluding hydrogens is 269 g/mol. The number of ether oxygens (including phenoxy) is 2. The summed E-state index contributed by atoms with van der Waals surface area (Å²) in [6.45, 7) is 4.93. The van der Waals surface area contributed by atoms with Gasteiger partial charge in [0.15, 0.2) is 23.6 Å². The molecule has 0 unspecified atom stereocenters. The number of aldehydes is 1. The van der Waals surface area contributed by atoms with Crippen molar-refractivity contribution in [2.45, 2.75) is 26.4 Å². The number of hydrogen-bond acceptors (Lipinski definition) is 5. The molecule has 0 aliphatic heterocycles. The second-order valence-electron chi connectivity index (χ2n) is 4.95. The maximum atomic E-state index is 13.5. The molecule has 1 amide bonds. The average Bonchev–Trinajstić information content (AvgIpc) is 2.32. The predicted molar refractivity (Wildman–Crippen MR) is 69.9 cm³/mol. The molecular formula is C13H16FNO5. The van der Waals surface area contributed by atoms with E-state index in [9.17, 15) is 19.1 Å². The van der Waals surface area contributed by atoms with Crippen molar-refractivity contribution in [3.63, 3.8) is 0 Å². The van der Waals surface area contributed by atoms with Crippen LogP contribution in [0.5, 0.6) is 11.5 Å². The van der Waals surface area contributed by atoms with Crippen molar-refractivity contribution in [1.82, 2.24) is 0 Å². The second kappa shape index (κ2) is 5.77. The van der Waals surface area contributed by atoms with Gasteiger partial charge in [0.05, 0.1) is 12.7 Å². The Morgan fingerprint density at radius 3 is 2.50 bits per heavy atom. The molecule has 20 heavy (non-hydrogen) atoms. The van der Waals surface area contributed by atoms with Crippen LogP contribution in [-0.2, 0) is 4.74 Å². The summed E-state index contributed by atoms with van der Waals surface area (Å²) >= 11 is 0. The largest absolute Gasteiger partial charge is 0.503 e. The average molecular weight is 285 g/mol. The molecule has 0 radical (unpaired) electrons. The van der Waals surface area contributed by atoms with Gasteiger partial charge in [0.1, 0.15) is 11.3 Å². The zero-order chi connectivity index (χ0) is 15.5. The number of rotatable bonds is 3. The summed E-state index contributed by atoms with van der Waals surface area (Å²) in [6, 6.07) is 0.807. The number of hydrogen-bond donors (Lipinski definition) is 2. The van der Waals surface area contributed by atoms with Crippen molar-refractivity contribution < 1.29 is 28.6 Å². The van der Waals surface area contributed by atoms with Crippen LogP contribution in [0.3, 0.4) is 0 Å². The van der Waals surface area contributed by atoms with Crippen LogP contribution in [0.25, 0.3) is 0 Å².